The van der Waals surface area contributed by atoms with E-state index in [4.69, 9.17) is 20.8 Å². The third-order valence-corrected chi connectivity index (χ3v) is 3.97. The van der Waals surface area contributed by atoms with Crippen molar-refractivity contribution in [1.29, 1.82) is 0 Å². The van der Waals surface area contributed by atoms with Crippen LogP contribution >= 0.6 is 22.9 Å². The minimum absolute atomic E-state index is 0.564. The summed E-state index contributed by atoms with van der Waals surface area (Å²) in [6.45, 7) is 0.595. The fraction of sp³-hybridized carbons (Fsp3) is 0.133. The molecular formula is C15H13ClN2O2S. The van der Waals surface area contributed by atoms with Crippen LogP contribution in [0.25, 0.3) is 11.3 Å². The number of nitrogens with one attached hydrogen (secondary N) is 1. The predicted molar refractivity (Wildman–Crippen MR) is 85.1 cm³/mol. The van der Waals surface area contributed by atoms with Gasteiger partial charge in [-0.15, -0.1) is 11.3 Å². The van der Waals surface area contributed by atoms with Gasteiger partial charge in [-0.25, -0.2) is 4.98 Å². The van der Waals surface area contributed by atoms with E-state index < -0.39 is 0 Å². The van der Waals surface area contributed by atoms with E-state index in [1.54, 1.807) is 24.6 Å². The van der Waals surface area contributed by atoms with Crippen molar-refractivity contribution in [2.24, 2.45) is 0 Å². The molecule has 2 heterocycles. The Morgan fingerprint density at radius 2 is 2.24 bits per heavy atom. The summed E-state index contributed by atoms with van der Waals surface area (Å²) >= 11 is 7.69. The molecule has 0 aliphatic rings. The Balaban J connectivity index is 1.73. The molecule has 2 aromatic heterocycles. The van der Waals surface area contributed by atoms with Crippen molar-refractivity contribution in [3.8, 4) is 17.1 Å². The summed E-state index contributed by atoms with van der Waals surface area (Å²) < 4.78 is 11.0. The average molecular weight is 321 g/mol. The second-order valence-corrected chi connectivity index (χ2v) is 5.61. The summed E-state index contributed by atoms with van der Waals surface area (Å²) in [6, 6.07) is 9.44. The first kappa shape index (κ1) is 14.0. The zero-order valence-electron chi connectivity index (χ0n) is 11.3. The lowest BCUT2D eigenvalue weighted by Gasteiger charge is -2.04. The van der Waals surface area contributed by atoms with Crippen LogP contribution in [0.1, 0.15) is 5.76 Å². The number of furan rings is 1. The van der Waals surface area contributed by atoms with Crippen LogP contribution in [0, 0.1) is 0 Å². The lowest BCUT2D eigenvalue weighted by Crippen LogP contribution is -1.96. The zero-order chi connectivity index (χ0) is 14.7. The van der Waals surface area contributed by atoms with Crippen molar-refractivity contribution in [3.05, 3.63) is 52.7 Å². The minimum Gasteiger partial charge on any atom is -0.495 e. The normalized spacial score (nSPS) is 10.6. The summed E-state index contributed by atoms with van der Waals surface area (Å²) in [4.78, 5) is 4.16. The van der Waals surface area contributed by atoms with Crippen LogP contribution in [0.4, 0.5) is 5.13 Å². The number of halogens is 1. The van der Waals surface area contributed by atoms with Gasteiger partial charge >= 0.3 is 0 Å². The molecule has 0 amide bonds. The maximum atomic E-state index is 6.13. The Morgan fingerprint density at radius 1 is 1.33 bits per heavy atom. The second kappa shape index (κ2) is 6.20. The zero-order valence-corrected chi connectivity index (χ0v) is 12.9. The first-order valence-corrected chi connectivity index (χ1v) is 7.58. The third-order valence-electron chi connectivity index (χ3n) is 2.94. The lowest BCUT2D eigenvalue weighted by molar-refractivity contribution is 0.415. The topological polar surface area (TPSA) is 47.3 Å². The number of ether oxygens (including phenoxy) is 1. The number of aromatic nitrogens is 1. The highest BCUT2D eigenvalue weighted by atomic mass is 35.5. The van der Waals surface area contributed by atoms with Crippen LogP contribution in [-0.4, -0.2) is 12.1 Å². The van der Waals surface area contributed by atoms with Crippen LogP contribution in [0.2, 0.25) is 5.02 Å². The molecule has 0 radical (unpaired) electrons. The third kappa shape index (κ3) is 3.20. The van der Waals surface area contributed by atoms with Crippen molar-refractivity contribution in [2.75, 3.05) is 12.4 Å². The van der Waals surface area contributed by atoms with Crippen LogP contribution < -0.4 is 10.1 Å². The molecule has 21 heavy (non-hydrogen) atoms. The average Bonchev–Trinajstić information content (AvgIpc) is 3.16. The highest BCUT2D eigenvalue weighted by Crippen LogP contribution is 2.31. The molecule has 4 nitrogen and oxygen atoms in total. The molecule has 0 atom stereocenters. The molecule has 0 aliphatic carbocycles. The molecule has 0 aliphatic heterocycles. The largest absolute Gasteiger partial charge is 0.495 e. The molecule has 3 rings (SSSR count). The summed E-state index contributed by atoms with van der Waals surface area (Å²) in [7, 11) is 1.59. The van der Waals surface area contributed by atoms with E-state index in [2.05, 4.69) is 10.3 Å². The minimum atomic E-state index is 0.564. The van der Waals surface area contributed by atoms with Crippen LogP contribution in [0.3, 0.4) is 0 Å². The Kier molecular flexibility index (Phi) is 4.13. The lowest BCUT2D eigenvalue weighted by atomic mass is 10.2. The van der Waals surface area contributed by atoms with Gasteiger partial charge in [-0.05, 0) is 30.3 Å². The van der Waals surface area contributed by atoms with Crippen LogP contribution in [0.15, 0.2) is 46.3 Å². The smallest absolute Gasteiger partial charge is 0.182 e. The van der Waals surface area contributed by atoms with E-state index in [-0.39, 0.29) is 0 Å². The van der Waals surface area contributed by atoms with Crippen LogP contribution in [0.5, 0.6) is 5.75 Å². The van der Waals surface area contributed by atoms with Gasteiger partial charge < -0.3 is 14.5 Å². The molecule has 0 bridgehead atoms. The summed E-state index contributed by atoms with van der Waals surface area (Å²) in [5.74, 6) is 2.26. The van der Waals surface area contributed by atoms with E-state index in [9.17, 15) is 0 Å². The number of nitrogens with zero attached hydrogens (tertiary/aromatic N) is 1. The molecule has 1 aromatic carbocycles. The molecule has 0 unspecified atom stereocenters. The maximum Gasteiger partial charge on any atom is 0.182 e. The number of anilines is 1. The van der Waals surface area contributed by atoms with Crippen molar-refractivity contribution >= 4 is 28.1 Å². The molecule has 108 valence electrons. The molecule has 3 aromatic rings. The van der Waals surface area contributed by atoms with Gasteiger partial charge in [0.2, 0.25) is 0 Å². The molecule has 0 saturated heterocycles. The van der Waals surface area contributed by atoms with Gasteiger partial charge in [0, 0.05) is 17.1 Å². The van der Waals surface area contributed by atoms with E-state index in [0.717, 1.165) is 22.2 Å². The number of thiazole rings is 1. The Morgan fingerprint density at radius 3 is 2.95 bits per heavy atom. The maximum absolute atomic E-state index is 6.13. The number of benzene rings is 1. The van der Waals surface area contributed by atoms with Gasteiger partial charge in [0.05, 0.1) is 18.7 Å². The van der Waals surface area contributed by atoms with Gasteiger partial charge in [0.25, 0.3) is 0 Å². The summed E-state index contributed by atoms with van der Waals surface area (Å²) in [5.41, 5.74) is 0.918. The van der Waals surface area contributed by atoms with Gasteiger partial charge in [0.1, 0.15) is 17.3 Å². The highest BCUT2D eigenvalue weighted by molar-refractivity contribution is 7.13. The Labute approximate surface area is 131 Å². The van der Waals surface area contributed by atoms with Crippen molar-refractivity contribution in [3.63, 3.8) is 0 Å². The van der Waals surface area contributed by atoms with Gasteiger partial charge in [-0.2, -0.15) is 0 Å². The number of hydrogen-bond acceptors (Lipinski definition) is 5. The first-order chi connectivity index (χ1) is 10.3. The number of hydrogen-bond donors (Lipinski definition) is 1. The first-order valence-electron chi connectivity index (χ1n) is 6.32. The van der Waals surface area contributed by atoms with E-state index in [1.807, 2.05) is 35.7 Å². The van der Waals surface area contributed by atoms with E-state index >= 15 is 0 Å². The van der Waals surface area contributed by atoms with Crippen molar-refractivity contribution < 1.29 is 9.15 Å². The van der Waals surface area contributed by atoms with E-state index in [1.165, 1.54) is 0 Å². The molecule has 0 spiro atoms. The molecular weight excluding hydrogens is 308 g/mol. The van der Waals surface area contributed by atoms with Gasteiger partial charge in [0.15, 0.2) is 5.13 Å². The highest BCUT2D eigenvalue weighted by Gasteiger charge is 2.08. The fourth-order valence-corrected chi connectivity index (χ4v) is 2.71. The van der Waals surface area contributed by atoms with Crippen LogP contribution in [-0.2, 0) is 6.54 Å². The van der Waals surface area contributed by atoms with E-state index in [0.29, 0.717) is 17.3 Å². The fourth-order valence-electron chi connectivity index (χ4n) is 1.92. The number of rotatable bonds is 5. The quantitative estimate of drug-likeness (QED) is 0.741. The van der Waals surface area contributed by atoms with Crippen molar-refractivity contribution in [2.45, 2.75) is 6.54 Å². The molecule has 1 N–H and O–H groups in total. The second-order valence-electron chi connectivity index (χ2n) is 4.31. The standard InChI is InChI=1S/C15H13ClN2O2S/c1-19-14-4-2-10(8-12(14)16)13-5-3-11(20-13)9-18-15-17-6-7-21-15/h2-8H,9H2,1H3,(H,17,18). The predicted octanol–water partition coefficient (Wildman–Crippen LogP) is 4.68. The number of methoxy groups -OCH3 is 1. The SMILES string of the molecule is COc1ccc(-c2ccc(CNc3nccs3)o2)cc1Cl. The molecule has 0 fully saturated rings. The Hall–Kier alpha value is -1.98. The van der Waals surface area contributed by atoms with Crippen molar-refractivity contribution in [1.82, 2.24) is 4.98 Å². The van der Waals surface area contributed by atoms with Gasteiger partial charge in [-0.3, -0.25) is 0 Å². The molecule has 6 heteroatoms. The molecule has 0 saturated carbocycles. The summed E-state index contributed by atoms with van der Waals surface area (Å²) in [5, 5.41) is 6.57. The Bertz CT molecular complexity index is 725. The van der Waals surface area contributed by atoms with Gasteiger partial charge in [-0.1, -0.05) is 11.6 Å². The summed E-state index contributed by atoms with van der Waals surface area (Å²) in [6.07, 6.45) is 1.76. The monoisotopic (exact) mass is 320 g/mol.